The largest absolute Gasteiger partial charge is 0.393 e. The first-order valence-corrected chi connectivity index (χ1v) is 11.8. The zero-order valence-corrected chi connectivity index (χ0v) is 18.7. The number of rotatable bonds is 6. The molecule has 0 amide bonds. The first kappa shape index (κ1) is 22.8. The van der Waals surface area contributed by atoms with Crippen LogP contribution in [0.1, 0.15) is 85.0 Å². The van der Waals surface area contributed by atoms with Crippen LogP contribution in [0.25, 0.3) is 0 Å². The van der Waals surface area contributed by atoms with Gasteiger partial charge in [-0.2, -0.15) is 0 Å². The number of hydrogen-bond acceptors (Lipinski definition) is 3. The summed E-state index contributed by atoms with van der Waals surface area (Å²) in [6.07, 6.45) is 14.0. The highest BCUT2D eigenvalue weighted by Crippen LogP contribution is 2.51. The molecule has 0 aromatic heterocycles. The van der Waals surface area contributed by atoms with E-state index in [0.717, 1.165) is 41.7 Å². The van der Waals surface area contributed by atoms with Crippen molar-refractivity contribution in [1.82, 2.24) is 0 Å². The Balaban J connectivity index is 1.63. The normalized spacial score (nSPS) is 37.2. The van der Waals surface area contributed by atoms with Crippen molar-refractivity contribution in [3.63, 3.8) is 0 Å². The fourth-order valence-electron chi connectivity index (χ4n) is 6.15. The van der Waals surface area contributed by atoms with Crippen LogP contribution in [0.3, 0.4) is 0 Å². The summed E-state index contributed by atoms with van der Waals surface area (Å²) >= 11 is 0. The molecule has 3 saturated carbocycles. The van der Waals surface area contributed by atoms with Gasteiger partial charge in [-0.1, -0.05) is 44.1 Å². The van der Waals surface area contributed by atoms with Gasteiger partial charge in [0, 0.05) is 6.42 Å². The lowest BCUT2D eigenvalue weighted by Gasteiger charge is -2.34. The summed E-state index contributed by atoms with van der Waals surface area (Å²) in [5.41, 5.74) is 2.82. The second kappa shape index (κ2) is 9.49. The monoisotopic (exact) mass is 402 g/mol. The predicted octanol–water partition coefficient (Wildman–Crippen LogP) is 5.31. The molecular formula is C26H42O3. The lowest BCUT2D eigenvalue weighted by atomic mass is 9.71. The Labute approximate surface area is 177 Å². The van der Waals surface area contributed by atoms with E-state index >= 15 is 0 Å². The van der Waals surface area contributed by atoms with Crippen LogP contribution in [0.5, 0.6) is 0 Å². The Morgan fingerprint density at radius 3 is 2.66 bits per heavy atom. The van der Waals surface area contributed by atoms with E-state index in [1.54, 1.807) is 5.57 Å². The highest BCUT2D eigenvalue weighted by Gasteiger charge is 2.41. The lowest BCUT2D eigenvalue weighted by molar-refractivity contribution is 0.0651. The minimum Gasteiger partial charge on any atom is -0.393 e. The summed E-state index contributed by atoms with van der Waals surface area (Å²) in [6.45, 7) is 10.3. The van der Waals surface area contributed by atoms with Crippen molar-refractivity contribution in [3.8, 4) is 0 Å². The summed E-state index contributed by atoms with van der Waals surface area (Å²) in [7, 11) is 0. The Morgan fingerprint density at radius 2 is 1.93 bits per heavy atom. The lowest BCUT2D eigenvalue weighted by Crippen LogP contribution is -2.27. The summed E-state index contributed by atoms with van der Waals surface area (Å²) in [5, 5.41) is 30.1. The van der Waals surface area contributed by atoms with Gasteiger partial charge in [-0.25, -0.2) is 0 Å². The van der Waals surface area contributed by atoms with Gasteiger partial charge in [-0.15, -0.1) is 0 Å². The number of allylic oxidation sites excluding steroid dienone is 3. The molecule has 0 heterocycles. The first-order chi connectivity index (χ1) is 13.7. The van der Waals surface area contributed by atoms with Crippen LogP contribution >= 0.6 is 0 Å². The van der Waals surface area contributed by atoms with E-state index in [1.807, 2.05) is 13.8 Å². The average molecular weight is 403 g/mol. The molecule has 3 nitrogen and oxygen atoms in total. The van der Waals surface area contributed by atoms with Crippen molar-refractivity contribution in [3.05, 3.63) is 35.5 Å². The molecule has 0 aliphatic heterocycles. The van der Waals surface area contributed by atoms with E-state index in [0.29, 0.717) is 18.8 Å². The van der Waals surface area contributed by atoms with Crippen molar-refractivity contribution in [2.24, 2.45) is 23.7 Å². The van der Waals surface area contributed by atoms with Gasteiger partial charge in [-0.3, -0.25) is 0 Å². The molecule has 29 heavy (non-hydrogen) atoms. The Morgan fingerprint density at radius 1 is 1.17 bits per heavy atom. The third-order valence-corrected chi connectivity index (χ3v) is 7.80. The summed E-state index contributed by atoms with van der Waals surface area (Å²) in [4.78, 5) is 0. The Hall–Kier alpha value is -0.900. The van der Waals surface area contributed by atoms with Crippen LogP contribution < -0.4 is 0 Å². The highest BCUT2D eigenvalue weighted by atomic mass is 16.3. The minimum atomic E-state index is -0.608. The van der Waals surface area contributed by atoms with Crippen LogP contribution in [0.4, 0.5) is 0 Å². The quantitative estimate of drug-likeness (QED) is 0.564. The van der Waals surface area contributed by atoms with Gasteiger partial charge in [0.2, 0.25) is 0 Å². The van der Waals surface area contributed by atoms with Crippen molar-refractivity contribution < 1.29 is 15.3 Å². The molecule has 6 atom stereocenters. The van der Waals surface area contributed by atoms with E-state index < -0.39 is 17.8 Å². The number of fused-ring (bicyclic) bond motifs is 1. The highest BCUT2D eigenvalue weighted by molar-refractivity contribution is 5.38. The molecule has 3 heteroatoms. The molecule has 0 bridgehead atoms. The van der Waals surface area contributed by atoms with Gasteiger partial charge in [0.1, 0.15) is 0 Å². The van der Waals surface area contributed by atoms with Crippen molar-refractivity contribution >= 4 is 0 Å². The Kier molecular flexibility index (Phi) is 7.46. The standard InChI is InChI=1S/C26H42O3/c1-17(7-6-14-26(3,4)29)22-12-13-23-19(8-5-9-24(22)23)10-11-20-15-21(27)16-25(28)18(20)2/h10-11,17,21-25,27-29H,2,5-9,12-16H2,1,3-4H3/b19-10+,20-11-/t17-,21-,22-,23?,24-,25?/m1/s1. The molecule has 2 unspecified atom stereocenters. The summed E-state index contributed by atoms with van der Waals surface area (Å²) in [6, 6.07) is 0. The molecule has 3 rings (SSSR count). The summed E-state index contributed by atoms with van der Waals surface area (Å²) in [5.74, 6) is 3.05. The molecule has 0 radical (unpaired) electrons. The van der Waals surface area contributed by atoms with E-state index in [1.165, 1.54) is 38.5 Å². The Bertz CT molecular complexity index is 639. The molecule has 3 aliphatic rings. The maximum absolute atomic E-state index is 10.1. The van der Waals surface area contributed by atoms with Gasteiger partial charge in [0.25, 0.3) is 0 Å². The maximum Gasteiger partial charge on any atom is 0.0811 e. The SMILES string of the molecule is C=C1/C(=C\C=C2/CCC[C@H]3C2CC[C@@H]3[C@H](C)CCCC(C)(C)O)C[C@@H](O)CC1O. The van der Waals surface area contributed by atoms with Gasteiger partial charge in [-0.05, 0) is 93.6 Å². The second-order valence-electron chi connectivity index (χ2n) is 10.7. The molecule has 3 N–H and O–H groups in total. The average Bonchev–Trinajstić information content (AvgIpc) is 3.07. The van der Waals surface area contributed by atoms with Gasteiger partial charge in [0.15, 0.2) is 0 Å². The summed E-state index contributed by atoms with van der Waals surface area (Å²) < 4.78 is 0. The number of aliphatic hydroxyl groups is 3. The molecule has 0 spiro atoms. The van der Waals surface area contributed by atoms with Crippen LogP contribution in [0.15, 0.2) is 35.5 Å². The van der Waals surface area contributed by atoms with E-state index in [-0.39, 0.29) is 0 Å². The van der Waals surface area contributed by atoms with Gasteiger partial charge in [0.05, 0.1) is 17.8 Å². The molecule has 3 fully saturated rings. The van der Waals surface area contributed by atoms with Gasteiger partial charge >= 0.3 is 0 Å². The predicted molar refractivity (Wildman–Crippen MR) is 119 cm³/mol. The third kappa shape index (κ3) is 5.83. The van der Waals surface area contributed by atoms with Crippen LogP contribution in [0.2, 0.25) is 0 Å². The molecule has 0 aromatic rings. The number of hydrogen-bond donors (Lipinski definition) is 3. The van der Waals surface area contributed by atoms with Crippen LogP contribution in [-0.2, 0) is 0 Å². The minimum absolute atomic E-state index is 0.407. The molecule has 0 saturated heterocycles. The maximum atomic E-state index is 10.1. The zero-order chi connectivity index (χ0) is 21.2. The van der Waals surface area contributed by atoms with Crippen molar-refractivity contribution in [2.45, 2.75) is 103 Å². The van der Waals surface area contributed by atoms with E-state index in [2.05, 4.69) is 25.7 Å². The molecule has 0 aromatic carbocycles. The zero-order valence-electron chi connectivity index (χ0n) is 18.7. The van der Waals surface area contributed by atoms with E-state index in [9.17, 15) is 15.3 Å². The second-order valence-corrected chi connectivity index (χ2v) is 10.7. The molecular weight excluding hydrogens is 360 g/mol. The van der Waals surface area contributed by atoms with Crippen molar-refractivity contribution in [1.29, 1.82) is 0 Å². The fourth-order valence-corrected chi connectivity index (χ4v) is 6.15. The smallest absolute Gasteiger partial charge is 0.0811 e. The first-order valence-electron chi connectivity index (χ1n) is 11.8. The van der Waals surface area contributed by atoms with Crippen molar-refractivity contribution in [2.75, 3.05) is 0 Å². The van der Waals surface area contributed by atoms with Crippen LogP contribution in [-0.4, -0.2) is 33.1 Å². The van der Waals surface area contributed by atoms with Crippen LogP contribution in [0, 0.1) is 23.7 Å². The third-order valence-electron chi connectivity index (χ3n) is 7.80. The number of aliphatic hydroxyl groups excluding tert-OH is 2. The topological polar surface area (TPSA) is 60.7 Å². The molecule has 164 valence electrons. The molecule has 3 aliphatic carbocycles. The fraction of sp³-hybridized carbons (Fsp3) is 0.769. The van der Waals surface area contributed by atoms with Gasteiger partial charge < -0.3 is 15.3 Å². The van der Waals surface area contributed by atoms with E-state index in [4.69, 9.17) is 0 Å².